The fourth-order valence-electron chi connectivity index (χ4n) is 3.18. The van der Waals surface area contributed by atoms with Crippen LogP contribution in [0.25, 0.3) is 11.0 Å². The minimum Gasteiger partial charge on any atom is -0.399 e. The van der Waals surface area contributed by atoms with E-state index in [1.165, 1.54) is 11.3 Å². The van der Waals surface area contributed by atoms with Crippen molar-refractivity contribution < 1.29 is 4.74 Å². The van der Waals surface area contributed by atoms with Gasteiger partial charge in [0.25, 0.3) is 0 Å². The van der Waals surface area contributed by atoms with Crippen LogP contribution in [-0.2, 0) is 16.7 Å². The number of anilines is 1. The van der Waals surface area contributed by atoms with Crippen LogP contribution < -0.4 is 5.73 Å². The predicted octanol–water partition coefficient (Wildman–Crippen LogP) is 3.10. The van der Waals surface area contributed by atoms with Gasteiger partial charge in [0.2, 0.25) is 0 Å². The van der Waals surface area contributed by atoms with Gasteiger partial charge in [-0.05, 0) is 44.4 Å². The van der Waals surface area contributed by atoms with Crippen LogP contribution in [-0.4, -0.2) is 22.8 Å². The molecule has 0 saturated carbocycles. The van der Waals surface area contributed by atoms with Gasteiger partial charge in [-0.1, -0.05) is 6.92 Å². The van der Waals surface area contributed by atoms with Gasteiger partial charge in [0.15, 0.2) is 0 Å². The molecule has 1 saturated heterocycles. The van der Waals surface area contributed by atoms with Crippen molar-refractivity contribution in [2.24, 2.45) is 0 Å². The highest BCUT2D eigenvalue weighted by Crippen LogP contribution is 2.34. The van der Waals surface area contributed by atoms with Crippen LogP contribution in [0.1, 0.15) is 38.9 Å². The van der Waals surface area contributed by atoms with Crippen molar-refractivity contribution in [2.75, 3.05) is 18.9 Å². The standard InChI is InChI=1S/C16H23N3O/c1-3-4-15-18-13-11-12(17)5-6-14(13)19(15)16(2)7-9-20-10-8-16/h5-6,11H,3-4,7-10,17H2,1-2H3. The van der Waals surface area contributed by atoms with Crippen molar-refractivity contribution in [3.63, 3.8) is 0 Å². The number of nitrogens with two attached hydrogens (primary N) is 1. The number of aryl methyl sites for hydroxylation is 1. The third-order valence-electron chi connectivity index (χ3n) is 4.33. The first-order valence-corrected chi connectivity index (χ1v) is 7.49. The number of fused-ring (bicyclic) bond motifs is 1. The fraction of sp³-hybridized carbons (Fsp3) is 0.562. The average molecular weight is 273 g/mol. The second kappa shape index (κ2) is 5.09. The lowest BCUT2D eigenvalue weighted by atomic mass is 9.91. The summed E-state index contributed by atoms with van der Waals surface area (Å²) in [5, 5.41) is 0. The van der Waals surface area contributed by atoms with Crippen molar-refractivity contribution in [2.45, 2.75) is 45.1 Å². The van der Waals surface area contributed by atoms with Gasteiger partial charge in [-0.3, -0.25) is 0 Å². The van der Waals surface area contributed by atoms with Crippen LogP contribution in [0.5, 0.6) is 0 Å². The first-order valence-electron chi connectivity index (χ1n) is 7.49. The number of imidazole rings is 1. The highest BCUT2D eigenvalue weighted by atomic mass is 16.5. The molecule has 2 heterocycles. The summed E-state index contributed by atoms with van der Waals surface area (Å²) in [4.78, 5) is 4.83. The lowest BCUT2D eigenvalue weighted by Gasteiger charge is -2.36. The largest absolute Gasteiger partial charge is 0.399 e. The van der Waals surface area contributed by atoms with E-state index in [9.17, 15) is 0 Å². The number of ether oxygens (including phenoxy) is 1. The zero-order valence-electron chi connectivity index (χ0n) is 12.4. The molecule has 1 fully saturated rings. The SMILES string of the molecule is CCCc1nc2cc(N)ccc2n1C1(C)CCOCC1. The maximum Gasteiger partial charge on any atom is 0.110 e. The van der Waals surface area contributed by atoms with E-state index in [4.69, 9.17) is 15.5 Å². The average Bonchev–Trinajstić information content (AvgIpc) is 2.77. The van der Waals surface area contributed by atoms with Gasteiger partial charge in [0, 0.05) is 30.9 Å². The minimum atomic E-state index is 0.105. The van der Waals surface area contributed by atoms with Crippen LogP contribution in [0.2, 0.25) is 0 Å². The van der Waals surface area contributed by atoms with Crippen molar-refractivity contribution in [1.82, 2.24) is 9.55 Å². The summed E-state index contributed by atoms with van der Waals surface area (Å²) in [7, 11) is 0. The van der Waals surface area contributed by atoms with E-state index in [1.807, 2.05) is 12.1 Å². The first-order chi connectivity index (χ1) is 9.64. The van der Waals surface area contributed by atoms with E-state index in [-0.39, 0.29) is 5.54 Å². The summed E-state index contributed by atoms with van der Waals surface area (Å²) < 4.78 is 7.98. The van der Waals surface area contributed by atoms with E-state index in [0.717, 1.165) is 50.1 Å². The first kappa shape index (κ1) is 13.4. The molecule has 0 amide bonds. The van der Waals surface area contributed by atoms with Gasteiger partial charge >= 0.3 is 0 Å². The Balaban J connectivity index is 2.17. The number of nitrogens with zero attached hydrogens (tertiary/aromatic N) is 2. The zero-order valence-corrected chi connectivity index (χ0v) is 12.4. The highest BCUT2D eigenvalue weighted by molar-refractivity contribution is 5.80. The molecule has 3 rings (SSSR count). The number of benzene rings is 1. The summed E-state index contributed by atoms with van der Waals surface area (Å²) in [6.45, 7) is 6.18. The third-order valence-corrected chi connectivity index (χ3v) is 4.33. The Morgan fingerprint density at radius 1 is 1.35 bits per heavy atom. The highest BCUT2D eigenvalue weighted by Gasteiger charge is 2.32. The maximum absolute atomic E-state index is 5.90. The van der Waals surface area contributed by atoms with Crippen LogP contribution in [0.15, 0.2) is 18.2 Å². The lowest BCUT2D eigenvalue weighted by molar-refractivity contribution is 0.0300. The number of rotatable bonds is 3. The molecule has 1 aromatic heterocycles. The summed E-state index contributed by atoms with van der Waals surface area (Å²) >= 11 is 0. The molecule has 20 heavy (non-hydrogen) atoms. The molecule has 0 aliphatic carbocycles. The second-order valence-corrected chi connectivity index (χ2v) is 5.97. The van der Waals surface area contributed by atoms with Gasteiger partial charge in [-0.25, -0.2) is 4.98 Å². The van der Waals surface area contributed by atoms with Crippen molar-refractivity contribution in [3.05, 3.63) is 24.0 Å². The summed E-state index contributed by atoms with van der Waals surface area (Å²) in [5.74, 6) is 1.18. The molecular formula is C16H23N3O. The van der Waals surface area contributed by atoms with Gasteiger partial charge in [0.1, 0.15) is 5.82 Å². The molecule has 4 nitrogen and oxygen atoms in total. The predicted molar refractivity (Wildman–Crippen MR) is 81.8 cm³/mol. The van der Waals surface area contributed by atoms with E-state index < -0.39 is 0 Å². The van der Waals surface area contributed by atoms with Crippen molar-refractivity contribution in [3.8, 4) is 0 Å². The summed E-state index contributed by atoms with van der Waals surface area (Å²) in [5.41, 5.74) is 9.00. The fourth-order valence-corrected chi connectivity index (χ4v) is 3.18. The molecule has 2 aromatic rings. The van der Waals surface area contributed by atoms with Gasteiger partial charge in [-0.15, -0.1) is 0 Å². The molecule has 0 atom stereocenters. The quantitative estimate of drug-likeness (QED) is 0.874. The normalized spacial score (nSPS) is 18.5. The number of hydrogen-bond acceptors (Lipinski definition) is 3. The monoisotopic (exact) mass is 273 g/mol. The van der Waals surface area contributed by atoms with E-state index >= 15 is 0 Å². The second-order valence-electron chi connectivity index (χ2n) is 5.97. The summed E-state index contributed by atoms with van der Waals surface area (Å²) in [6, 6.07) is 6.06. The molecular weight excluding hydrogens is 250 g/mol. The molecule has 2 N–H and O–H groups in total. The topological polar surface area (TPSA) is 53.1 Å². The molecule has 0 spiro atoms. The Morgan fingerprint density at radius 2 is 2.10 bits per heavy atom. The molecule has 108 valence electrons. The van der Waals surface area contributed by atoms with E-state index in [1.54, 1.807) is 0 Å². The number of hydrogen-bond donors (Lipinski definition) is 1. The van der Waals surface area contributed by atoms with E-state index in [2.05, 4.69) is 24.5 Å². The van der Waals surface area contributed by atoms with Gasteiger partial charge in [0.05, 0.1) is 11.0 Å². The third kappa shape index (κ3) is 2.18. The Morgan fingerprint density at radius 3 is 2.80 bits per heavy atom. The Hall–Kier alpha value is -1.55. The minimum absolute atomic E-state index is 0.105. The molecule has 1 aliphatic rings. The lowest BCUT2D eigenvalue weighted by Crippen LogP contribution is -2.37. The number of aromatic nitrogens is 2. The molecule has 1 aliphatic heterocycles. The van der Waals surface area contributed by atoms with Crippen LogP contribution in [0.3, 0.4) is 0 Å². The molecule has 0 radical (unpaired) electrons. The molecule has 1 aromatic carbocycles. The van der Waals surface area contributed by atoms with E-state index in [0.29, 0.717) is 0 Å². The Labute approximate surface area is 119 Å². The van der Waals surface area contributed by atoms with Crippen molar-refractivity contribution in [1.29, 1.82) is 0 Å². The molecule has 0 bridgehead atoms. The summed E-state index contributed by atoms with van der Waals surface area (Å²) in [6.07, 6.45) is 4.19. The smallest absolute Gasteiger partial charge is 0.110 e. The maximum atomic E-state index is 5.90. The van der Waals surface area contributed by atoms with Crippen molar-refractivity contribution >= 4 is 16.7 Å². The van der Waals surface area contributed by atoms with Crippen LogP contribution in [0, 0.1) is 0 Å². The van der Waals surface area contributed by atoms with Crippen LogP contribution in [0.4, 0.5) is 5.69 Å². The Bertz CT molecular complexity index is 611. The Kier molecular flexibility index (Phi) is 3.42. The molecule has 4 heteroatoms. The number of nitrogen functional groups attached to an aromatic ring is 1. The van der Waals surface area contributed by atoms with Gasteiger partial charge < -0.3 is 15.0 Å². The molecule has 0 unspecified atom stereocenters. The zero-order chi connectivity index (χ0) is 14.2. The van der Waals surface area contributed by atoms with Gasteiger partial charge in [-0.2, -0.15) is 0 Å². The van der Waals surface area contributed by atoms with Crippen LogP contribution >= 0.6 is 0 Å².